The van der Waals surface area contributed by atoms with E-state index in [0.29, 0.717) is 17.1 Å². The molecule has 1 atom stereocenters. The Morgan fingerprint density at radius 2 is 1.38 bits per heavy atom. The van der Waals surface area contributed by atoms with Crippen LogP contribution in [0, 0.1) is 0 Å². The number of benzene rings is 3. The zero-order valence-electron chi connectivity index (χ0n) is 19.8. The summed E-state index contributed by atoms with van der Waals surface area (Å²) in [5, 5.41) is 15.1. The van der Waals surface area contributed by atoms with Crippen LogP contribution in [0.2, 0.25) is 0 Å². The van der Waals surface area contributed by atoms with Crippen molar-refractivity contribution in [2.45, 2.75) is 26.4 Å². The van der Waals surface area contributed by atoms with E-state index >= 15 is 0 Å². The number of nitrogens with one attached hydrogen (secondary N) is 3. The van der Waals surface area contributed by atoms with Crippen molar-refractivity contribution in [3.05, 3.63) is 96.6 Å². The number of carbonyl (C=O) groups excluding carboxylic acids is 2. The average molecular weight is 458 g/mol. The van der Waals surface area contributed by atoms with Crippen molar-refractivity contribution in [1.29, 1.82) is 0 Å². The lowest BCUT2D eigenvalue weighted by Crippen LogP contribution is -2.64. The Morgan fingerprint density at radius 1 is 0.853 bits per heavy atom. The summed E-state index contributed by atoms with van der Waals surface area (Å²) in [5.41, 5.74) is 0.924. The quantitative estimate of drug-likeness (QED) is 0.468. The first-order valence-electron chi connectivity index (χ1n) is 11.4. The van der Waals surface area contributed by atoms with E-state index in [4.69, 9.17) is 0 Å². The van der Waals surface area contributed by atoms with Gasteiger partial charge in [0.1, 0.15) is 5.71 Å². The van der Waals surface area contributed by atoms with Gasteiger partial charge in [-0.2, -0.15) is 10.1 Å². The van der Waals surface area contributed by atoms with Gasteiger partial charge in [0.25, 0.3) is 0 Å². The van der Waals surface area contributed by atoms with Crippen LogP contribution in [0.1, 0.15) is 26.3 Å². The number of anilines is 2. The normalized spacial score (nSPS) is 16.9. The molecule has 1 aliphatic rings. The summed E-state index contributed by atoms with van der Waals surface area (Å²) < 4.78 is 0. The molecule has 0 saturated carbocycles. The zero-order valence-corrected chi connectivity index (χ0v) is 19.8. The second-order valence-electron chi connectivity index (χ2n) is 7.65. The van der Waals surface area contributed by atoms with Crippen molar-refractivity contribution in [1.82, 2.24) is 10.6 Å². The second-order valence-corrected chi connectivity index (χ2v) is 7.65. The van der Waals surface area contributed by atoms with Crippen LogP contribution in [0.15, 0.2) is 96.1 Å². The minimum Gasteiger partial charge on any atom is -0.350 e. The summed E-state index contributed by atoms with van der Waals surface area (Å²) in [4.78, 5) is 25.9. The van der Waals surface area contributed by atoms with Crippen molar-refractivity contribution in [3.8, 4) is 0 Å². The summed E-state index contributed by atoms with van der Waals surface area (Å²) in [7, 11) is 0. The van der Waals surface area contributed by atoms with E-state index in [9.17, 15) is 9.59 Å². The molecule has 7 nitrogen and oxygen atoms in total. The Bertz CT molecular complexity index is 1100. The summed E-state index contributed by atoms with van der Waals surface area (Å²) in [5.74, 6) is -0.734. The summed E-state index contributed by atoms with van der Waals surface area (Å²) in [6.07, 6.45) is 0. The third-order valence-electron chi connectivity index (χ3n) is 5.09. The van der Waals surface area contributed by atoms with Gasteiger partial charge in [-0.3, -0.25) is 9.59 Å². The number of nitrogens with zero attached hydrogens (tertiary/aromatic N) is 2. The van der Waals surface area contributed by atoms with Crippen molar-refractivity contribution in [3.63, 3.8) is 0 Å². The number of rotatable bonds is 7. The predicted octanol–water partition coefficient (Wildman–Crippen LogP) is 4.00. The van der Waals surface area contributed by atoms with E-state index < -0.39 is 5.66 Å². The van der Waals surface area contributed by atoms with E-state index in [2.05, 4.69) is 34.9 Å². The van der Waals surface area contributed by atoms with E-state index in [1.807, 2.05) is 78.9 Å². The maximum absolute atomic E-state index is 13.7. The lowest BCUT2D eigenvalue weighted by atomic mass is 9.95. The molecule has 176 valence electrons. The van der Waals surface area contributed by atoms with Crippen molar-refractivity contribution in [2.75, 3.05) is 23.4 Å². The Labute approximate surface area is 200 Å². The molecule has 1 heterocycles. The minimum absolute atomic E-state index is 0.347. The molecule has 3 aromatic carbocycles. The highest BCUT2D eigenvalue weighted by molar-refractivity contribution is 6.30. The van der Waals surface area contributed by atoms with Crippen molar-refractivity contribution < 1.29 is 9.59 Å². The molecule has 3 aromatic rings. The van der Waals surface area contributed by atoms with Gasteiger partial charge in [-0.15, -0.1) is 0 Å². The Hall–Kier alpha value is -3.97. The molecule has 1 unspecified atom stereocenters. The van der Waals surface area contributed by atoms with Crippen molar-refractivity contribution in [2.24, 2.45) is 5.10 Å². The molecule has 0 fully saturated rings. The van der Waals surface area contributed by atoms with E-state index in [1.165, 1.54) is 11.9 Å². The molecule has 4 rings (SSSR count). The third-order valence-corrected chi connectivity index (χ3v) is 5.09. The number of hydrazone groups is 1. The van der Waals surface area contributed by atoms with Crippen LogP contribution in [-0.4, -0.2) is 36.3 Å². The van der Waals surface area contributed by atoms with Crippen LogP contribution in [0.3, 0.4) is 0 Å². The molecule has 3 N–H and O–H groups in total. The van der Waals surface area contributed by atoms with Gasteiger partial charge < -0.3 is 16.0 Å². The Balaban J connectivity index is 0.000000588. The fourth-order valence-electron chi connectivity index (χ4n) is 3.60. The molecule has 0 aromatic heterocycles. The van der Waals surface area contributed by atoms with E-state index in [-0.39, 0.29) is 11.8 Å². The van der Waals surface area contributed by atoms with Crippen molar-refractivity contribution >= 4 is 28.9 Å². The van der Waals surface area contributed by atoms with Gasteiger partial charge in [0.2, 0.25) is 11.6 Å². The van der Waals surface area contributed by atoms with Gasteiger partial charge in [-0.25, -0.2) is 0 Å². The van der Waals surface area contributed by atoms with Crippen LogP contribution < -0.4 is 21.0 Å². The number of amides is 2. The predicted molar refractivity (Wildman–Crippen MR) is 138 cm³/mol. The molecule has 0 spiro atoms. The van der Waals surface area contributed by atoms with E-state index in [0.717, 1.165) is 18.7 Å². The fourth-order valence-corrected chi connectivity index (χ4v) is 3.60. The average Bonchev–Trinajstić information content (AvgIpc) is 3.13. The van der Waals surface area contributed by atoms with Gasteiger partial charge in [0.05, 0.1) is 5.69 Å². The molecule has 0 aliphatic carbocycles. The van der Waals surface area contributed by atoms with Gasteiger partial charge in [0.15, 0.2) is 0 Å². The lowest BCUT2D eigenvalue weighted by Gasteiger charge is -2.31. The SMILES string of the molecule is CC(=O)NC1(Nc2ccccc2)C(=O)N(c2ccccc2)N=C1c1ccccc1.CCNCC. The highest BCUT2D eigenvalue weighted by Crippen LogP contribution is 2.31. The summed E-state index contributed by atoms with van der Waals surface area (Å²) >= 11 is 0. The fraction of sp³-hybridized carbons (Fsp3) is 0.222. The van der Waals surface area contributed by atoms with Crippen LogP contribution >= 0.6 is 0 Å². The number of hydrogen-bond acceptors (Lipinski definition) is 5. The zero-order chi connectivity index (χ0) is 24.4. The van der Waals surface area contributed by atoms with Gasteiger partial charge in [-0.1, -0.05) is 80.6 Å². The first-order valence-corrected chi connectivity index (χ1v) is 11.4. The first kappa shape index (κ1) is 24.7. The first-order chi connectivity index (χ1) is 16.5. The minimum atomic E-state index is -1.54. The molecule has 0 bridgehead atoms. The number of hydrogen-bond donors (Lipinski definition) is 3. The summed E-state index contributed by atoms with van der Waals surface area (Å²) in [6.45, 7) is 7.77. The topological polar surface area (TPSA) is 85.8 Å². The Kier molecular flexibility index (Phi) is 8.54. The van der Waals surface area contributed by atoms with Gasteiger partial charge in [-0.05, 0) is 37.4 Å². The Morgan fingerprint density at radius 3 is 1.88 bits per heavy atom. The van der Waals surface area contributed by atoms with Crippen LogP contribution in [0.5, 0.6) is 0 Å². The smallest absolute Gasteiger partial charge is 0.300 e. The number of carbonyl (C=O) groups is 2. The van der Waals surface area contributed by atoms with Crippen LogP contribution in [-0.2, 0) is 9.59 Å². The molecular weight excluding hydrogens is 426 g/mol. The molecule has 0 radical (unpaired) electrons. The molecular formula is C27H31N5O2. The summed E-state index contributed by atoms with van der Waals surface area (Å²) in [6, 6.07) is 27.8. The lowest BCUT2D eigenvalue weighted by molar-refractivity contribution is -0.127. The maximum Gasteiger partial charge on any atom is 0.300 e. The highest BCUT2D eigenvalue weighted by atomic mass is 16.2. The molecule has 0 saturated heterocycles. The standard InChI is InChI=1S/C23H20N4O2.C4H11N/c1-17(28)24-23(25-19-13-7-3-8-14-19)21(18-11-5-2-6-12-18)26-27(22(23)29)20-15-9-4-10-16-20;1-3-5-4-2/h2-16,25H,1H3,(H,24,28);5H,3-4H2,1-2H3. The van der Waals surface area contributed by atoms with Gasteiger partial charge >= 0.3 is 5.91 Å². The second kappa shape index (κ2) is 11.8. The van der Waals surface area contributed by atoms with E-state index in [1.54, 1.807) is 12.1 Å². The largest absolute Gasteiger partial charge is 0.350 e. The van der Waals surface area contributed by atoms with Crippen LogP contribution in [0.4, 0.5) is 11.4 Å². The highest BCUT2D eigenvalue weighted by Gasteiger charge is 2.53. The molecule has 7 heteroatoms. The van der Waals surface area contributed by atoms with Gasteiger partial charge in [0, 0.05) is 18.2 Å². The molecule has 1 aliphatic heterocycles. The third kappa shape index (κ3) is 5.68. The number of para-hydroxylation sites is 2. The molecule has 34 heavy (non-hydrogen) atoms. The molecule has 2 amide bonds. The maximum atomic E-state index is 13.7. The monoisotopic (exact) mass is 457 g/mol. The van der Waals surface area contributed by atoms with Crippen LogP contribution in [0.25, 0.3) is 0 Å².